The van der Waals surface area contributed by atoms with Crippen LogP contribution < -0.4 is 10.5 Å². The molecular weight excluding hydrogens is 241 g/mol. The van der Waals surface area contributed by atoms with Crippen LogP contribution in [0.15, 0.2) is 18.2 Å². The topological polar surface area (TPSA) is 35.2 Å². The molecule has 0 aliphatic heterocycles. The highest BCUT2D eigenvalue weighted by Crippen LogP contribution is 2.38. The van der Waals surface area contributed by atoms with Crippen LogP contribution in [0.4, 0.5) is 4.39 Å². The monoisotopic (exact) mass is 265 g/mol. The van der Waals surface area contributed by atoms with Crippen LogP contribution in [0, 0.1) is 11.2 Å². The third-order valence-corrected chi connectivity index (χ3v) is 4.06. The number of halogens is 1. The quantitative estimate of drug-likeness (QED) is 0.889. The van der Waals surface area contributed by atoms with Gasteiger partial charge in [-0.25, -0.2) is 4.39 Å². The first kappa shape index (κ1) is 14.3. The molecule has 1 fully saturated rings. The summed E-state index contributed by atoms with van der Waals surface area (Å²) in [6, 6.07) is 4.75. The maximum Gasteiger partial charge on any atom is 0.165 e. The van der Waals surface area contributed by atoms with Crippen molar-refractivity contribution in [3.05, 3.63) is 29.6 Å². The van der Waals surface area contributed by atoms with E-state index < -0.39 is 0 Å². The fourth-order valence-electron chi connectivity index (χ4n) is 2.67. The van der Waals surface area contributed by atoms with E-state index >= 15 is 0 Å². The summed E-state index contributed by atoms with van der Waals surface area (Å²) in [7, 11) is 0. The number of para-hydroxylation sites is 1. The van der Waals surface area contributed by atoms with Crippen molar-refractivity contribution in [2.45, 2.75) is 58.6 Å². The summed E-state index contributed by atoms with van der Waals surface area (Å²) in [6.45, 7) is 6.41. The first-order valence-electron chi connectivity index (χ1n) is 7.10. The first-order chi connectivity index (χ1) is 8.89. The van der Waals surface area contributed by atoms with Gasteiger partial charge in [-0.05, 0) is 44.1 Å². The standard InChI is InChI=1S/C16H24FNO/c1-11(18)13-5-4-6-14(17)15(13)19-12-7-9-16(2,3)10-8-12/h4-6,11-12H,7-10,18H2,1-3H3/t11-/m0/s1. The minimum absolute atomic E-state index is 0.113. The van der Waals surface area contributed by atoms with Crippen molar-refractivity contribution in [3.8, 4) is 5.75 Å². The molecule has 2 N–H and O–H groups in total. The number of nitrogens with two attached hydrogens (primary N) is 1. The third-order valence-electron chi connectivity index (χ3n) is 4.06. The third kappa shape index (κ3) is 3.47. The normalized spacial score (nSPS) is 21.1. The Morgan fingerprint density at radius 1 is 1.32 bits per heavy atom. The molecule has 1 saturated carbocycles. The van der Waals surface area contributed by atoms with Gasteiger partial charge in [0, 0.05) is 11.6 Å². The average molecular weight is 265 g/mol. The van der Waals surface area contributed by atoms with E-state index in [-0.39, 0.29) is 18.0 Å². The SMILES string of the molecule is C[C@H](N)c1cccc(F)c1OC1CCC(C)(C)CC1. The number of rotatable bonds is 3. The van der Waals surface area contributed by atoms with Crippen LogP contribution >= 0.6 is 0 Å². The highest BCUT2D eigenvalue weighted by molar-refractivity contribution is 5.37. The molecule has 2 nitrogen and oxygen atoms in total. The highest BCUT2D eigenvalue weighted by atomic mass is 19.1. The molecule has 106 valence electrons. The van der Waals surface area contributed by atoms with E-state index in [0.29, 0.717) is 11.2 Å². The lowest BCUT2D eigenvalue weighted by molar-refractivity contribution is 0.0941. The molecule has 1 aliphatic carbocycles. The molecule has 1 aromatic carbocycles. The molecule has 0 aromatic heterocycles. The second-order valence-corrected chi connectivity index (χ2v) is 6.43. The van der Waals surface area contributed by atoms with Gasteiger partial charge in [-0.1, -0.05) is 26.0 Å². The summed E-state index contributed by atoms with van der Waals surface area (Å²) < 4.78 is 19.9. The van der Waals surface area contributed by atoms with Crippen LogP contribution in [0.5, 0.6) is 5.75 Å². The van der Waals surface area contributed by atoms with Crippen molar-refractivity contribution in [3.63, 3.8) is 0 Å². The molecule has 1 aliphatic rings. The zero-order valence-corrected chi connectivity index (χ0v) is 12.1. The Labute approximate surface area is 115 Å². The van der Waals surface area contributed by atoms with Gasteiger partial charge in [-0.2, -0.15) is 0 Å². The minimum Gasteiger partial charge on any atom is -0.487 e. The van der Waals surface area contributed by atoms with E-state index in [9.17, 15) is 4.39 Å². The first-order valence-corrected chi connectivity index (χ1v) is 7.10. The molecular formula is C16H24FNO. The second kappa shape index (κ2) is 5.49. The number of ether oxygens (including phenoxy) is 1. The smallest absolute Gasteiger partial charge is 0.165 e. The molecule has 2 rings (SSSR count). The minimum atomic E-state index is -0.306. The summed E-state index contributed by atoms with van der Waals surface area (Å²) in [5.74, 6) is 0.0434. The van der Waals surface area contributed by atoms with Crippen LogP contribution in [0.25, 0.3) is 0 Å². The molecule has 1 atom stereocenters. The molecule has 0 radical (unpaired) electrons. The molecule has 0 amide bonds. The Bertz CT molecular complexity index is 432. The zero-order valence-electron chi connectivity index (χ0n) is 12.1. The lowest BCUT2D eigenvalue weighted by atomic mass is 9.76. The van der Waals surface area contributed by atoms with Crippen LogP contribution in [0.3, 0.4) is 0 Å². The fraction of sp³-hybridized carbons (Fsp3) is 0.625. The summed E-state index contributed by atoms with van der Waals surface area (Å²) in [6.07, 6.45) is 4.33. The van der Waals surface area contributed by atoms with Crippen molar-refractivity contribution < 1.29 is 9.13 Å². The van der Waals surface area contributed by atoms with Crippen molar-refractivity contribution in [2.24, 2.45) is 11.1 Å². The Balaban J connectivity index is 2.11. The molecule has 0 saturated heterocycles. The van der Waals surface area contributed by atoms with E-state index in [0.717, 1.165) is 31.2 Å². The van der Waals surface area contributed by atoms with E-state index in [1.165, 1.54) is 6.07 Å². The Morgan fingerprint density at radius 2 is 1.95 bits per heavy atom. The van der Waals surface area contributed by atoms with Gasteiger partial charge in [0.05, 0.1) is 6.10 Å². The van der Waals surface area contributed by atoms with Crippen molar-refractivity contribution >= 4 is 0 Å². The van der Waals surface area contributed by atoms with Crippen LogP contribution in [0.1, 0.15) is 58.1 Å². The molecule has 3 heteroatoms. The molecule has 0 heterocycles. The van der Waals surface area contributed by atoms with Crippen LogP contribution in [-0.4, -0.2) is 6.10 Å². The van der Waals surface area contributed by atoms with Gasteiger partial charge in [0.2, 0.25) is 0 Å². The van der Waals surface area contributed by atoms with Gasteiger partial charge in [-0.3, -0.25) is 0 Å². The number of hydrogen-bond acceptors (Lipinski definition) is 2. The maximum absolute atomic E-state index is 13.9. The van der Waals surface area contributed by atoms with Crippen LogP contribution in [0.2, 0.25) is 0 Å². The maximum atomic E-state index is 13.9. The van der Waals surface area contributed by atoms with Crippen molar-refractivity contribution in [2.75, 3.05) is 0 Å². The van der Waals surface area contributed by atoms with Crippen molar-refractivity contribution in [1.29, 1.82) is 0 Å². The Hall–Kier alpha value is -1.09. The van der Waals surface area contributed by atoms with E-state index in [1.807, 2.05) is 13.0 Å². The predicted molar refractivity (Wildman–Crippen MR) is 75.7 cm³/mol. The van der Waals surface area contributed by atoms with Gasteiger partial charge in [0.25, 0.3) is 0 Å². The summed E-state index contributed by atoms with van der Waals surface area (Å²) in [5, 5.41) is 0. The van der Waals surface area contributed by atoms with E-state index in [4.69, 9.17) is 10.5 Å². The van der Waals surface area contributed by atoms with E-state index in [1.54, 1.807) is 6.07 Å². The lowest BCUT2D eigenvalue weighted by Crippen LogP contribution is -2.29. The predicted octanol–water partition coefficient (Wildman–Crippen LogP) is 4.19. The summed E-state index contributed by atoms with van der Waals surface area (Å²) in [4.78, 5) is 0. The lowest BCUT2D eigenvalue weighted by Gasteiger charge is -2.34. The molecule has 0 spiro atoms. The number of hydrogen-bond donors (Lipinski definition) is 1. The molecule has 19 heavy (non-hydrogen) atoms. The average Bonchev–Trinajstić information content (AvgIpc) is 2.33. The van der Waals surface area contributed by atoms with Gasteiger partial charge in [-0.15, -0.1) is 0 Å². The van der Waals surface area contributed by atoms with Gasteiger partial charge < -0.3 is 10.5 Å². The molecule has 0 bridgehead atoms. The van der Waals surface area contributed by atoms with Crippen LogP contribution in [-0.2, 0) is 0 Å². The molecule has 1 aromatic rings. The Kier molecular flexibility index (Phi) is 4.14. The summed E-state index contributed by atoms with van der Waals surface area (Å²) >= 11 is 0. The molecule has 0 unspecified atom stereocenters. The van der Waals surface area contributed by atoms with Crippen molar-refractivity contribution in [1.82, 2.24) is 0 Å². The highest BCUT2D eigenvalue weighted by Gasteiger charge is 2.29. The second-order valence-electron chi connectivity index (χ2n) is 6.43. The summed E-state index contributed by atoms with van der Waals surface area (Å²) in [5.41, 5.74) is 7.03. The van der Waals surface area contributed by atoms with Gasteiger partial charge in [0.1, 0.15) is 0 Å². The Morgan fingerprint density at radius 3 is 2.53 bits per heavy atom. The van der Waals surface area contributed by atoms with E-state index in [2.05, 4.69) is 13.8 Å². The van der Waals surface area contributed by atoms with Gasteiger partial charge in [0.15, 0.2) is 11.6 Å². The number of benzene rings is 1. The zero-order chi connectivity index (χ0) is 14.0. The fourth-order valence-corrected chi connectivity index (χ4v) is 2.67. The largest absolute Gasteiger partial charge is 0.487 e. The van der Waals surface area contributed by atoms with Gasteiger partial charge >= 0.3 is 0 Å².